The lowest BCUT2D eigenvalue weighted by molar-refractivity contribution is 0.190. The Labute approximate surface area is 100 Å². The van der Waals surface area contributed by atoms with Crippen LogP contribution >= 0.6 is 0 Å². The van der Waals surface area contributed by atoms with Gasteiger partial charge in [-0.2, -0.15) is 0 Å². The van der Waals surface area contributed by atoms with Gasteiger partial charge in [0, 0.05) is 18.8 Å². The number of hydrogen-bond donors (Lipinski definition) is 1. The molecule has 1 atom stereocenters. The molecule has 0 amide bonds. The number of rotatable bonds is 5. The van der Waals surface area contributed by atoms with Crippen molar-refractivity contribution in [2.24, 2.45) is 0 Å². The normalized spacial score (nSPS) is 12.4. The van der Waals surface area contributed by atoms with Crippen molar-refractivity contribution in [2.75, 3.05) is 19.0 Å². The summed E-state index contributed by atoms with van der Waals surface area (Å²) in [4.78, 5) is 0. The Morgan fingerprint density at radius 3 is 2.71 bits per heavy atom. The quantitative estimate of drug-likeness (QED) is 0.852. The molecular weight excluding hydrogens is 216 g/mol. The van der Waals surface area contributed by atoms with E-state index in [1.165, 1.54) is 0 Å². The zero-order chi connectivity index (χ0) is 12.1. The molecule has 1 aromatic heterocycles. The van der Waals surface area contributed by atoms with E-state index in [1.54, 1.807) is 18.0 Å². The Morgan fingerprint density at radius 1 is 1.35 bits per heavy atom. The third kappa shape index (κ3) is 3.04. The zero-order valence-corrected chi connectivity index (χ0v) is 10.00. The Balaban J connectivity index is 2.03. The molecule has 2 aromatic rings. The van der Waals surface area contributed by atoms with E-state index in [1.807, 2.05) is 30.5 Å². The first-order valence-corrected chi connectivity index (χ1v) is 5.52. The first-order chi connectivity index (χ1) is 8.29. The van der Waals surface area contributed by atoms with Crippen LogP contribution in [-0.2, 0) is 4.74 Å². The van der Waals surface area contributed by atoms with Crippen LogP contribution in [0.2, 0.25) is 0 Å². The second kappa shape index (κ2) is 5.45. The van der Waals surface area contributed by atoms with E-state index in [4.69, 9.17) is 4.74 Å². The van der Waals surface area contributed by atoms with E-state index < -0.39 is 0 Å². The van der Waals surface area contributed by atoms with Gasteiger partial charge in [0.25, 0.3) is 0 Å². The minimum absolute atomic E-state index is 0.289. The molecule has 0 saturated heterocycles. The SMILES string of the molecule is COC[C@H](C)Nc1ccc(-n2ccnn2)cc1. The second-order valence-electron chi connectivity index (χ2n) is 3.90. The number of hydrogen-bond acceptors (Lipinski definition) is 4. The first-order valence-electron chi connectivity index (χ1n) is 5.52. The highest BCUT2D eigenvalue weighted by molar-refractivity contribution is 5.48. The molecule has 90 valence electrons. The molecular formula is C12H16N4O. The largest absolute Gasteiger partial charge is 0.383 e. The molecule has 1 aromatic carbocycles. The Hall–Kier alpha value is -1.88. The highest BCUT2D eigenvalue weighted by Crippen LogP contribution is 2.13. The van der Waals surface area contributed by atoms with Gasteiger partial charge in [0.15, 0.2) is 0 Å². The van der Waals surface area contributed by atoms with Gasteiger partial charge in [0.05, 0.1) is 24.7 Å². The van der Waals surface area contributed by atoms with Crippen LogP contribution in [0.1, 0.15) is 6.92 Å². The summed E-state index contributed by atoms with van der Waals surface area (Å²) in [6.07, 6.45) is 3.48. The topological polar surface area (TPSA) is 52.0 Å². The second-order valence-corrected chi connectivity index (χ2v) is 3.90. The summed E-state index contributed by atoms with van der Waals surface area (Å²) < 4.78 is 6.80. The van der Waals surface area contributed by atoms with Crippen LogP contribution in [0.15, 0.2) is 36.7 Å². The summed E-state index contributed by atoms with van der Waals surface area (Å²) in [5.41, 5.74) is 2.06. The van der Waals surface area contributed by atoms with Gasteiger partial charge in [-0.3, -0.25) is 0 Å². The van der Waals surface area contributed by atoms with Gasteiger partial charge in [0.2, 0.25) is 0 Å². The molecule has 5 nitrogen and oxygen atoms in total. The number of nitrogens with zero attached hydrogens (tertiary/aromatic N) is 3. The van der Waals surface area contributed by atoms with Crippen LogP contribution < -0.4 is 5.32 Å². The molecule has 0 aliphatic heterocycles. The summed E-state index contributed by atoms with van der Waals surface area (Å²) in [5, 5.41) is 11.1. The van der Waals surface area contributed by atoms with E-state index in [-0.39, 0.29) is 6.04 Å². The lowest BCUT2D eigenvalue weighted by Crippen LogP contribution is -2.20. The molecule has 0 spiro atoms. The summed E-state index contributed by atoms with van der Waals surface area (Å²) in [6.45, 7) is 2.76. The first kappa shape index (κ1) is 11.6. The molecule has 0 fully saturated rings. The molecule has 0 aliphatic carbocycles. The van der Waals surface area contributed by atoms with Crippen LogP contribution in [0, 0.1) is 0 Å². The molecule has 17 heavy (non-hydrogen) atoms. The fourth-order valence-electron chi connectivity index (χ4n) is 1.63. The van der Waals surface area contributed by atoms with Crippen LogP contribution in [0.5, 0.6) is 0 Å². The third-order valence-corrected chi connectivity index (χ3v) is 2.38. The number of anilines is 1. The smallest absolute Gasteiger partial charge is 0.0697 e. The number of ether oxygens (including phenoxy) is 1. The highest BCUT2D eigenvalue weighted by Gasteiger charge is 2.01. The maximum absolute atomic E-state index is 5.07. The minimum atomic E-state index is 0.289. The average molecular weight is 232 g/mol. The van der Waals surface area contributed by atoms with Crippen molar-refractivity contribution in [1.29, 1.82) is 0 Å². The van der Waals surface area contributed by atoms with Gasteiger partial charge >= 0.3 is 0 Å². The number of aromatic nitrogens is 3. The molecule has 2 rings (SSSR count). The van der Waals surface area contributed by atoms with Gasteiger partial charge < -0.3 is 10.1 Å². The van der Waals surface area contributed by atoms with Crippen LogP contribution in [0.4, 0.5) is 5.69 Å². The van der Waals surface area contributed by atoms with Crippen molar-refractivity contribution in [3.63, 3.8) is 0 Å². The molecule has 1 N–H and O–H groups in total. The predicted octanol–water partition coefficient (Wildman–Crippen LogP) is 1.71. The molecule has 0 radical (unpaired) electrons. The molecule has 1 heterocycles. The monoisotopic (exact) mass is 232 g/mol. The van der Waals surface area contributed by atoms with Crippen molar-refractivity contribution < 1.29 is 4.74 Å². The highest BCUT2D eigenvalue weighted by atomic mass is 16.5. The third-order valence-electron chi connectivity index (χ3n) is 2.38. The Kier molecular flexibility index (Phi) is 3.72. The van der Waals surface area contributed by atoms with Crippen LogP contribution in [0.25, 0.3) is 5.69 Å². The molecule has 0 unspecified atom stereocenters. The van der Waals surface area contributed by atoms with Crippen molar-refractivity contribution in [1.82, 2.24) is 15.0 Å². The van der Waals surface area contributed by atoms with Crippen LogP contribution in [0.3, 0.4) is 0 Å². The van der Waals surface area contributed by atoms with E-state index in [2.05, 4.69) is 22.6 Å². The van der Waals surface area contributed by atoms with E-state index >= 15 is 0 Å². The lowest BCUT2D eigenvalue weighted by atomic mass is 10.2. The van der Waals surface area contributed by atoms with Crippen molar-refractivity contribution in [3.05, 3.63) is 36.7 Å². The predicted molar refractivity (Wildman–Crippen MR) is 66.3 cm³/mol. The fourth-order valence-corrected chi connectivity index (χ4v) is 1.63. The van der Waals surface area contributed by atoms with E-state index in [0.717, 1.165) is 11.4 Å². The van der Waals surface area contributed by atoms with Gasteiger partial charge in [-0.1, -0.05) is 5.21 Å². The molecule has 0 bridgehead atoms. The maximum Gasteiger partial charge on any atom is 0.0697 e. The van der Waals surface area contributed by atoms with Crippen LogP contribution in [-0.4, -0.2) is 34.8 Å². The van der Waals surface area contributed by atoms with Gasteiger partial charge in [0.1, 0.15) is 0 Å². The summed E-state index contributed by atoms with van der Waals surface area (Å²) >= 11 is 0. The summed E-state index contributed by atoms with van der Waals surface area (Å²) in [7, 11) is 1.70. The molecule has 5 heteroatoms. The zero-order valence-electron chi connectivity index (χ0n) is 10.00. The van der Waals surface area contributed by atoms with Gasteiger partial charge in [-0.05, 0) is 31.2 Å². The van der Waals surface area contributed by atoms with Crippen molar-refractivity contribution in [2.45, 2.75) is 13.0 Å². The molecule has 0 aliphatic rings. The number of methoxy groups -OCH3 is 1. The average Bonchev–Trinajstić information content (AvgIpc) is 2.84. The van der Waals surface area contributed by atoms with Gasteiger partial charge in [-0.25, -0.2) is 4.68 Å². The van der Waals surface area contributed by atoms with E-state index in [9.17, 15) is 0 Å². The van der Waals surface area contributed by atoms with Gasteiger partial charge in [-0.15, -0.1) is 5.10 Å². The molecule has 0 saturated carbocycles. The van der Waals surface area contributed by atoms with Crippen molar-refractivity contribution >= 4 is 5.69 Å². The summed E-state index contributed by atoms with van der Waals surface area (Å²) in [6, 6.07) is 8.32. The van der Waals surface area contributed by atoms with E-state index in [0.29, 0.717) is 6.61 Å². The number of nitrogens with one attached hydrogen (secondary N) is 1. The lowest BCUT2D eigenvalue weighted by Gasteiger charge is -2.14. The Bertz CT molecular complexity index is 438. The summed E-state index contributed by atoms with van der Waals surface area (Å²) in [5.74, 6) is 0. The number of benzene rings is 1. The fraction of sp³-hybridized carbons (Fsp3) is 0.333. The Morgan fingerprint density at radius 2 is 2.12 bits per heavy atom. The maximum atomic E-state index is 5.07. The standard InChI is InChI=1S/C12H16N4O/c1-10(9-17-2)14-11-3-5-12(6-4-11)16-8-7-13-15-16/h3-8,10,14H,9H2,1-2H3/t10-/m0/s1. The minimum Gasteiger partial charge on any atom is -0.383 e. The van der Waals surface area contributed by atoms with Crippen molar-refractivity contribution in [3.8, 4) is 5.69 Å².